The van der Waals surface area contributed by atoms with Crippen LogP contribution in [0.15, 0.2) is 23.7 Å². The van der Waals surface area contributed by atoms with E-state index in [-0.39, 0.29) is 12.0 Å². The quantitative estimate of drug-likeness (QED) is 0.836. The van der Waals surface area contributed by atoms with E-state index in [2.05, 4.69) is 16.5 Å². The van der Waals surface area contributed by atoms with Crippen LogP contribution in [0.3, 0.4) is 0 Å². The smallest absolute Gasteiger partial charge is 0.257 e. The van der Waals surface area contributed by atoms with Gasteiger partial charge < -0.3 is 9.64 Å². The fourth-order valence-corrected chi connectivity index (χ4v) is 4.33. The standard InChI is InChI=1S/C18H23N3O2S/c22-18(16-11-19-21-8-2-1-7-17(16)21)20(12-14-5-3-9-23-14)13-15-6-4-10-24-15/h4,6,10-11,14H,1-3,5,7-9,12-13H2/t14-/m0/s1. The van der Waals surface area contributed by atoms with Gasteiger partial charge in [-0.05, 0) is 43.6 Å². The lowest BCUT2D eigenvalue weighted by molar-refractivity contribution is 0.0508. The number of carbonyl (C=O) groups excluding carboxylic acids is 1. The number of hydrogen-bond donors (Lipinski definition) is 0. The molecule has 1 atom stereocenters. The average molecular weight is 345 g/mol. The van der Waals surface area contributed by atoms with Crippen molar-refractivity contribution in [1.29, 1.82) is 0 Å². The van der Waals surface area contributed by atoms with E-state index >= 15 is 0 Å². The fourth-order valence-electron chi connectivity index (χ4n) is 3.61. The number of aryl methyl sites for hydroxylation is 1. The Labute approximate surface area is 146 Å². The Bertz CT molecular complexity index is 689. The van der Waals surface area contributed by atoms with Crippen molar-refractivity contribution in [1.82, 2.24) is 14.7 Å². The molecule has 128 valence electrons. The van der Waals surface area contributed by atoms with E-state index in [0.29, 0.717) is 13.1 Å². The molecule has 4 rings (SSSR count). The Morgan fingerprint density at radius 2 is 2.38 bits per heavy atom. The summed E-state index contributed by atoms with van der Waals surface area (Å²) < 4.78 is 7.78. The molecule has 0 bridgehead atoms. The summed E-state index contributed by atoms with van der Waals surface area (Å²) in [5.41, 5.74) is 1.89. The van der Waals surface area contributed by atoms with E-state index in [9.17, 15) is 4.79 Å². The SMILES string of the molecule is O=C(c1cnn2c1CCCC2)N(Cc1cccs1)C[C@@H]1CCCO1. The monoisotopic (exact) mass is 345 g/mol. The minimum absolute atomic E-state index is 0.0991. The van der Waals surface area contributed by atoms with Crippen molar-refractivity contribution in [3.05, 3.63) is 39.8 Å². The molecule has 0 unspecified atom stereocenters. The molecule has 0 aliphatic carbocycles. The number of aromatic nitrogens is 2. The van der Waals surface area contributed by atoms with Crippen LogP contribution in [0.4, 0.5) is 0 Å². The highest BCUT2D eigenvalue weighted by molar-refractivity contribution is 7.09. The van der Waals surface area contributed by atoms with Crippen LogP contribution in [0.1, 0.15) is 46.6 Å². The summed E-state index contributed by atoms with van der Waals surface area (Å²) in [5, 5.41) is 6.49. The summed E-state index contributed by atoms with van der Waals surface area (Å²) in [4.78, 5) is 16.4. The number of rotatable bonds is 5. The molecule has 0 spiro atoms. The van der Waals surface area contributed by atoms with E-state index in [4.69, 9.17) is 4.74 Å². The molecule has 2 aliphatic rings. The molecule has 0 N–H and O–H groups in total. The van der Waals surface area contributed by atoms with Crippen molar-refractivity contribution < 1.29 is 9.53 Å². The third-order valence-electron chi connectivity index (χ3n) is 4.87. The third kappa shape index (κ3) is 3.26. The predicted molar refractivity (Wildman–Crippen MR) is 93.2 cm³/mol. The topological polar surface area (TPSA) is 47.4 Å². The number of ether oxygens (including phenoxy) is 1. The van der Waals surface area contributed by atoms with Gasteiger partial charge in [-0.2, -0.15) is 5.10 Å². The van der Waals surface area contributed by atoms with Crippen LogP contribution in [0.25, 0.3) is 0 Å². The number of fused-ring (bicyclic) bond motifs is 1. The Morgan fingerprint density at radius 3 is 3.17 bits per heavy atom. The lowest BCUT2D eigenvalue weighted by Crippen LogP contribution is -2.37. The Balaban J connectivity index is 1.56. The third-order valence-corrected chi connectivity index (χ3v) is 5.74. The van der Waals surface area contributed by atoms with Crippen molar-refractivity contribution in [3.63, 3.8) is 0 Å². The van der Waals surface area contributed by atoms with E-state index in [1.165, 1.54) is 4.88 Å². The van der Waals surface area contributed by atoms with Gasteiger partial charge >= 0.3 is 0 Å². The molecule has 24 heavy (non-hydrogen) atoms. The fraction of sp³-hybridized carbons (Fsp3) is 0.556. The van der Waals surface area contributed by atoms with Crippen molar-refractivity contribution >= 4 is 17.2 Å². The van der Waals surface area contributed by atoms with Gasteiger partial charge in [-0.15, -0.1) is 11.3 Å². The second kappa shape index (κ2) is 7.07. The van der Waals surface area contributed by atoms with Gasteiger partial charge in [0, 0.05) is 24.6 Å². The minimum Gasteiger partial charge on any atom is -0.376 e. The van der Waals surface area contributed by atoms with Gasteiger partial charge in [0.05, 0.1) is 30.1 Å². The van der Waals surface area contributed by atoms with Crippen LogP contribution in [0, 0.1) is 0 Å². The first-order valence-corrected chi connectivity index (χ1v) is 9.67. The summed E-state index contributed by atoms with van der Waals surface area (Å²) in [6.45, 7) is 3.07. The Morgan fingerprint density at radius 1 is 1.42 bits per heavy atom. The summed E-state index contributed by atoms with van der Waals surface area (Å²) in [6, 6.07) is 4.13. The van der Waals surface area contributed by atoms with Crippen molar-refractivity contribution in [2.75, 3.05) is 13.2 Å². The number of thiophene rings is 1. The molecule has 6 heteroatoms. The van der Waals surface area contributed by atoms with Gasteiger partial charge in [-0.3, -0.25) is 9.48 Å². The van der Waals surface area contributed by atoms with Gasteiger partial charge in [0.15, 0.2) is 0 Å². The van der Waals surface area contributed by atoms with Gasteiger partial charge in [0.25, 0.3) is 5.91 Å². The van der Waals surface area contributed by atoms with Gasteiger partial charge in [-0.25, -0.2) is 0 Å². The zero-order chi connectivity index (χ0) is 16.4. The molecule has 1 saturated heterocycles. The molecule has 5 nitrogen and oxygen atoms in total. The molecule has 0 radical (unpaired) electrons. The zero-order valence-corrected chi connectivity index (χ0v) is 14.6. The largest absolute Gasteiger partial charge is 0.376 e. The summed E-state index contributed by atoms with van der Waals surface area (Å²) >= 11 is 1.70. The van der Waals surface area contributed by atoms with Crippen LogP contribution in [0.5, 0.6) is 0 Å². The second-order valence-corrected chi connectivity index (χ2v) is 7.62. The van der Waals surface area contributed by atoms with E-state index in [1.54, 1.807) is 17.5 Å². The second-order valence-electron chi connectivity index (χ2n) is 6.59. The molecule has 2 aromatic rings. The van der Waals surface area contributed by atoms with E-state index in [1.807, 2.05) is 15.6 Å². The van der Waals surface area contributed by atoms with Crippen LogP contribution in [-0.4, -0.2) is 39.8 Å². The van der Waals surface area contributed by atoms with Crippen LogP contribution in [-0.2, 0) is 24.2 Å². The summed E-state index contributed by atoms with van der Waals surface area (Å²) in [6.07, 6.45) is 7.31. The van der Waals surface area contributed by atoms with Crippen molar-refractivity contribution in [2.24, 2.45) is 0 Å². The van der Waals surface area contributed by atoms with Crippen LogP contribution < -0.4 is 0 Å². The number of carbonyl (C=O) groups is 1. The maximum absolute atomic E-state index is 13.2. The van der Waals surface area contributed by atoms with Crippen molar-refractivity contribution in [3.8, 4) is 0 Å². The van der Waals surface area contributed by atoms with Crippen LogP contribution >= 0.6 is 11.3 Å². The highest BCUT2D eigenvalue weighted by Crippen LogP contribution is 2.23. The highest BCUT2D eigenvalue weighted by atomic mass is 32.1. The normalized spacial score (nSPS) is 20.1. The zero-order valence-electron chi connectivity index (χ0n) is 13.8. The first-order chi connectivity index (χ1) is 11.8. The number of amides is 1. The van der Waals surface area contributed by atoms with E-state index in [0.717, 1.165) is 56.5 Å². The average Bonchev–Trinajstić information content (AvgIpc) is 3.35. The summed E-state index contributed by atoms with van der Waals surface area (Å²) in [7, 11) is 0. The molecule has 1 amide bonds. The molecular formula is C18H23N3O2S. The lowest BCUT2D eigenvalue weighted by Gasteiger charge is -2.25. The first kappa shape index (κ1) is 15.8. The predicted octanol–water partition coefficient (Wildman–Crippen LogP) is 3.10. The maximum Gasteiger partial charge on any atom is 0.257 e. The highest BCUT2D eigenvalue weighted by Gasteiger charge is 2.27. The molecular weight excluding hydrogens is 322 g/mol. The molecule has 0 aromatic carbocycles. The molecule has 2 aliphatic heterocycles. The molecule has 1 fully saturated rings. The van der Waals surface area contributed by atoms with Gasteiger partial charge in [0.2, 0.25) is 0 Å². The number of nitrogens with zero attached hydrogens (tertiary/aromatic N) is 3. The molecule has 0 saturated carbocycles. The van der Waals surface area contributed by atoms with E-state index < -0.39 is 0 Å². The Hall–Kier alpha value is -1.66. The van der Waals surface area contributed by atoms with Crippen LogP contribution in [0.2, 0.25) is 0 Å². The van der Waals surface area contributed by atoms with Gasteiger partial charge in [-0.1, -0.05) is 6.07 Å². The Kier molecular flexibility index (Phi) is 4.67. The van der Waals surface area contributed by atoms with Gasteiger partial charge in [0.1, 0.15) is 0 Å². The number of hydrogen-bond acceptors (Lipinski definition) is 4. The maximum atomic E-state index is 13.2. The molecule has 2 aromatic heterocycles. The summed E-state index contributed by atoms with van der Waals surface area (Å²) in [5.74, 6) is 0.0991. The first-order valence-electron chi connectivity index (χ1n) is 8.79. The van der Waals surface area contributed by atoms with Crippen molar-refractivity contribution in [2.45, 2.75) is 51.3 Å². The minimum atomic E-state index is 0.0991. The lowest BCUT2D eigenvalue weighted by atomic mass is 10.1. The molecule has 4 heterocycles.